The molecule has 106 valence electrons. The zero-order chi connectivity index (χ0) is 13.9. The maximum absolute atomic E-state index is 11.8. The molecule has 1 aromatic carbocycles. The number of hydrogen-bond acceptors (Lipinski definition) is 3. The van der Waals surface area contributed by atoms with Crippen molar-refractivity contribution in [3.8, 4) is 0 Å². The van der Waals surface area contributed by atoms with Crippen LogP contribution in [0.15, 0.2) is 30.3 Å². The second kappa shape index (κ2) is 5.53. The highest BCUT2D eigenvalue weighted by Crippen LogP contribution is 2.28. The molecule has 0 aromatic heterocycles. The molecule has 20 heavy (non-hydrogen) atoms. The molecule has 1 unspecified atom stereocenters. The average molecular weight is 274 g/mol. The van der Waals surface area contributed by atoms with Crippen molar-refractivity contribution in [3.63, 3.8) is 0 Å². The second-order valence-corrected chi connectivity index (χ2v) is 5.29. The topological polar surface area (TPSA) is 58.6 Å². The summed E-state index contributed by atoms with van der Waals surface area (Å²) >= 11 is 0. The van der Waals surface area contributed by atoms with Crippen molar-refractivity contribution in [2.45, 2.75) is 18.9 Å². The van der Waals surface area contributed by atoms with Gasteiger partial charge >= 0.3 is 6.09 Å². The van der Waals surface area contributed by atoms with E-state index in [-0.39, 0.29) is 24.0 Å². The van der Waals surface area contributed by atoms with Crippen LogP contribution in [0.1, 0.15) is 24.5 Å². The first kappa shape index (κ1) is 13.0. The van der Waals surface area contributed by atoms with E-state index in [2.05, 4.69) is 5.32 Å². The molecule has 1 aliphatic heterocycles. The van der Waals surface area contributed by atoms with Gasteiger partial charge in [0.2, 0.25) is 5.91 Å². The summed E-state index contributed by atoms with van der Waals surface area (Å²) in [5, 5.41) is 2.86. The van der Waals surface area contributed by atoms with E-state index >= 15 is 0 Å². The van der Waals surface area contributed by atoms with Crippen molar-refractivity contribution >= 4 is 12.0 Å². The summed E-state index contributed by atoms with van der Waals surface area (Å²) in [6, 6.07) is 9.71. The Kier molecular flexibility index (Phi) is 3.58. The summed E-state index contributed by atoms with van der Waals surface area (Å²) in [5.41, 5.74) is 1.00. The van der Waals surface area contributed by atoms with E-state index in [0.717, 1.165) is 18.4 Å². The molecular formula is C15H18N2O3. The van der Waals surface area contributed by atoms with E-state index in [4.69, 9.17) is 4.74 Å². The van der Waals surface area contributed by atoms with Gasteiger partial charge in [0.05, 0.1) is 6.54 Å². The van der Waals surface area contributed by atoms with Crippen molar-refractivity contribution in [2.75, 3.05) is 19.6 Å². The Morgan fingerprint density at radius 1 is 1.30 bits per heavy atom. The summed E-state index contributed by atoms with van der Waals surface area (Å²) in [4.78, 5) is 24.9. The molecule has 0 spiro atoms. The molecule has 0 radical (unpaired) electrons. The third-order valence-electron chi connectivity index (χ3n) is 3.69. The van der Waals surface area contributed by atoms with Crippen molar-refractivity contribution in [2.24, 2.45) is 5.92 Å². The zero-order valence-corrected chi connectivity index (χ0v) is 11.2. The maximum Gasteiger partial charge on any atom is 0.410 e. The summed E-state index contributed by atoms with van der Waals surface area (Å²) < 4.78 is 5.35. The van der Waals surface area contributed by atoms with Crippen molar-refractivity contribution in [1.29, 1.82) is 0 Å². The third kappa shape index (κ3) is 2.92. The molecule has 2 amide bonds. The number of benzene rings is 1. The van der Waals surface area contributed by atoms with Gasteiger partial charge in [0.15, 0.2) is 0 Å². The molecule has 2 fully saturated rings. The smallest absolute Gasteiger partial charge is 0.410 e. The average Bonchev–Trinajstić information content (AvgIpc) is 3.25. The van der Waals surface area contributed by atoms with E-state index in [1.165, 1.54) is 0 Å². The molecule has 1 heterocycles. The Hall–Kier alpha value is -2.04. The van der Waals surface area contributed by atoms with E-state index in [1.54, 1.807) is 4.90 Å². The highest BCUT2D eigenvalue weighted by molar-refractivity contribution is 5.80. The van der Waals surface area contributed by atoms with E-state index in [9.17, 15) is 9.59 Å². The lowest BCUT2D eigenvalue weighted by molar-refractivity contribution is -0.122. The van der Waals surface area contributed by atoms with Gasteiger partial charge in [-0.15, -0.1) is 0 Å². The van der Waals surface area contributed by atoms with Crippen LogP contribution in [0, 0.1) is 5.92 Å². The van der Waals surface area contributed by atoms with Crippen LogP contribution in [-0.4, -0.2) is 36.5 Å². The van der Waals surface area contributed by atoms with Crippen LogP contribution in [0.5, 0.6) is 0 Å². The summed E-state index contributed by atoms with van der Waals surface area (Å²) in [5.74, 6) is 0.315. The van der Waals surface area contributed by atoms with Crippen LogP contribution in [0.25, 0.3) is 0 Å². The van der Waals surface area contributed by atoms with Crippen molar-refractivity contribution in [1.82, 2.24) is 10.2 Å². The highest BCUT2D eigenvalue weighted by atomic mass is 16.6. The van der Waals surface area contributed by atoms with Gasteiger partial charge in [0, 0.05) is 19.0 Å². The summed E-state index contributed by atoms with van der Waals surface area (Å²) in [6.07, 6.45) is 1.48. The van der Waals surface area contributed by atoms with Crippen molar-refractivity contribution < 1.29 is 14.3 Å². The number of nitrogens with one attached hydrogen (secondary N) is 1. The van der Waals surface area contributed by atoms with Gasteiger partial charge in [-0.2, -0.15) is 0 Å². The van der Waals surface area contributed by atoms with Gasteiger partial charge < -0.3 is 15.0 Å². The SMILES string of the molecule is O=C(NCCN1CC(c2ccccc2)OC1=O)C1CC1. The quantitative estimate of drug-likeness (QED) is 0.889. The molecule has 1 atom stereocenters. The fourth-order valence-corrected chi connectivity index (χ4v) is 2.34. The number of carbonyl (C=O) groups excluding carboxylic acids is 2. The largest absolute Gasteiger partial charge is 0.439 e. The number of amides is 2. The molecule has 3 rings (SSSR count). The first-order valence-electron chi connectivity index (χ1n) is 7.02. The molecule has 0 bridgehead atoms. The van der Waals surface area contributed by atoms with Crippen LogP contribution in [0.3, 0.4) is 0 Å². The normalized spacial score (nSPS) is 21.7. The number of carbonyl (C=O) groups is 2. The summed E-state index contributed by atoms with van der Waals surface area (Å²) in [6.45, 7) is 1.54. The van der Waals surface area contributed by atoms with Gasteiger partial charge in [-0.1, -0.05) is 30.3 Å². The van der Waals surface area contributed by atoms with Gasteiger partial charge in [0.1, 0.15) is 6.10 Å². The molecule has 1 aromatic rings. The van der Waals surface area contributed by atoms with Crippen LogP contribution in [-0.2, 0) is 9.53 Å². The number of nitrogens with zero attached hydrogens (tertiary/aromatic N) is 1. The van der Waals surface area contributed by atoms with E-state index < -0.39 is 0 Å². The van der Waals surface area contributed by atoms with Crippen LogP contribution in [0.4, 0.5) is 4.79 Å². The van der Waals surface area contributed by atoms with Crippen LogP contribution >= 0.6 is 0 Å². The number of cyclic esters (lactones) is 1. The molecule has 1 saturated heterocycles. The lowest BCUT2D eigenvalue weighted by Gasteiger charge is -2.13. The summed E-state index contributed by atoms with van der Waals surface area (Å²) in [7, 11) is 0. The van der Waals surface area contributed by atoms with Gasteiger partial charge in [0.25, 0.3) is 0 Å². The lowest BCUT2D eigenvalue weighted by atomic mass is 10.1. The Bertz CT molecular complexity index is 499. The second-order valence-electron chi connectivity index (χ2n) is 5.29. The van der Waals surface area contributed by atoms with Crippen molar-refractivity contribution in [3.05, 3.63) is 35.9 Å². The van der Waals surface area contributed by atoms with E-state index in [1.807, 2.05) is 30.3 Å². The fraction of sp³-hybridized carbons (Fsp3) is 0.467. The molecule has 5 nitrogen and oxygen atoms in total. The molecule has 5 heteroatoms. The van der Waals surface area contributed by atoms with Gasteiger partial charge in [-0.3, -0.25) is 4.79 Å². The predicted molar refractivity (Wildman–Crippen MR) is 73.0 cm³/mol. The predicted octanol–water partition coefficient (Wildman–Crippen LogP) is 1.71. The number of rotatable bonds is 5. The lowest BCUT2D eigenvalue weighted by Crippen LogP contribution is -2.36. The Balaban J connectivity index is 1.48. The van der Waals surface area contributed by atoms with Crippen LogP contribution in [0.2, 0.25) is 0 Å². The monoisotopic (exact) mass is 274 g/mol. The van der Waals surface area contributed by atoms with E-state index in [0.29, 0.717) is 19.6 Å². The van der Waals surface area contributed by atoms with Gasteiger partial charge in [-0.25, -0.2) is 4.79 Å². The highest BCUT2D eigenvalue weighted by Gasteiger charge is 2.33. The Labute approximate surface area is 117 Å². The first-order chi connectivity index (χ1) is 9.74. The van der Waals surface area contributed by atoms with Crippen LogP contribution < -0.4 is 5.32 Å². The molecule has 1 N–H and O–H groups in total. The fourth-order valence-electron chi connectivity index (χ4n) is 2.34. The first-order valence-corrected chi connectivity index (χ1v) is 7.02. The zero-order valence-electron chi connectivity index (χ0n) is 11.2. The standard InChI is InChI=1S/C15H18N2O3/c18-14(12-6-7-12)16-8-9-17-10-13(20-15(17)19)11-4-2-1-3-5-11/h1-5,12-13H,6-10H2,(H,16,18). The van der Waals surface area contributed by atoms with Gasteiger partial charge in [-0.05, 0) is 18.4 Å². The molecule has 2 aliphatic rings. The third-order valence-corrected chi connectivity index (χ3v) is 3.69. The minimum Gasteiger partial charge on any atom is -0.439 e. The molecule has 1 saturated carbocycles. The molecule has 1 aliphatic carbocycles. The maximum atomic E-state index is 11.8. The minimum atomic E-state index is -0.306. The number of ether oxygens (including phenoxy) is 1. The molecular weight excluding hydrogens is 256 g/mol. The minimum absolute atomic E-state index is 0.108. The Morgan fingerprint density at radius 2 is 2.05 bits per heavy atom. The Morgan fingerprint density at radius 3 is 2.75 bits per heavy atom. The number of hydrogen-bond donors (Lipinski definition) is 1.